The Balaban J connectivity index is 1.57. The predicted octanol–water partition coefficient (Wildman–Crippen LogP) is 4.87. The summed E-state index contributed by atoms with van der Waals surface area (Å²) in [6.07, 6.45) is 0. The van der Waals surface area contributed by atoms with Gasteiger partial charge in [0.15, 0.2) is 5.78 Å². The molecule has 5 heteroatoms. The molecule has 0 atom stereocenters. The number of aromatic amines is 1. The molecule has 1 amide bonds. The molecule has 4 aromatic rings. The van der Waals surface area contributed by atoms with Gasteiger partial charge in [0.25, 0.3) is 5.91 Å². The van der Waals surface area contributed by atoms with Crippen molar-refractivity contribution in [2.75, 3.05) is 5.32 Å². The number of hydrogen-bond donors (Lipinski definition) is 2. The highest BCUT2D eigenvalue weighted by Crippen LogP contribution is 2.22. The molecule has 0 aliphatic heterocycles. The Morgan fingerprint density at radius 1 is 0.862 bits per heavy atom. The summed E-state index contributed by atoms with van der Waals surface area (Å²) in [5.41, 5.74) is 4.54. The third-order valence-electron chi connectivity index (χ3n) is 4.63. The third-order valence-corrected chi connectivity index (χ3v) is 4.63. The summed E-state index contributed by atoms with van der Waals surface area (Å²) < 4.78 is 0. The summed E-state index contributed by atoms with van der Waals surface area (Å²) in [6.45, 7) is 2.02. The minimum absolute atomic E-state index is 0.147. The lowest BCUT2D eigenvalue weighted by atomic mass is 10.0. The Morgan fingerprint density at radius 2 is 1.55 bits per heavy atom. The number of aryl methyl sites for hydroxylation is 1. The topological polar surface area (TPSA) is 74.8 Å². The van der Waals surface area contributed by atoms with Crippen LogP contribution in [0.4, 0.5) is 5.69 Å². The highest BCUT2D eigenvalue weighted by atomic mass is 16.2. The van der Waals surface area contributed by atoms with Gasteiger partial charge in [-0.2, -0.15) is 5.10 Å². The van der Waals surface area contributed by atoms with E-state index >= 15 is 0 Å². The summed E-state index contributed by atoms with van der Waals surface area (Å²) in [5.74, 6) is -0.504. The second-order valence-corrected chi connectivity index (χ2v) is 6.73. The number of rotatable bonds is 5. The highest BCUT2D eigenvalue weighted by Gasteiger charge is 2.17. The average Bonchev–Trinajstić information content (AvgIpc) is 3.25. The van der Waals surface area contributed by atoms with E-state index in [-0.39, 0.29) is 11.7 Å². The molecule has 0 aliphatic rings. The molecule has 1 heterocycles. The molecule has 1 aromatic heterocycles. The number of anilines is 1. The molecule has 0 bridgehead atoms. The molecule has 3 aromatic carbocycles. The number of amides is 1. The first-order valence-corrected chi connectivity index (χ1v) is 9.24. The van der Waals surface area contributed by atoms with Crippen molar-refractivity contribution in [1.29, 1.82) is 0 Å². The van der Waals surface area contributed by atoms with Crippen molar-refractivity contribution >= 4 is 17.4 Å². The molecule has 0 saturated carbocycles. The summed E-state index contributed by atoms with van der Waals surface area (Å²) >= 11 is 0. The van der Waals surface area contributed by atoms with E-state index in [0.29, 0.717) is 28.2 Å². The molecule has 0 saturated heterocycles. The number of H-pyrrole nitrogens is 1. The van der Waals surface area contributed by atoms with Gasteiger partial charge in [-0.3, -0.25) is 14.7 Å². The molecule has 0 spiro atoms. The molecule has 0 aliphatic carbocycles. The normalized spacial score (nSPS) is 10.5. The van der Waals surface area contributed by atoms with Crippen molar-refractivity contribution < 1.29 is 9.59 Å². The molecule has 0 radical (unpaired) electrons. The molecule has 142 valence electrons. The molecular formula is C24H19N3O2. The van der Waals surface area contributed by atoms with Gasteiger partial charge in [0.2, 0.25) is 0 Å². The molecule has 0 fully saturated rings. The minimum atomic E-state index is -0.357. The Labute approximate surface area is 168 Å². The number of nitrogens with one attached hydrogen (secondary N) is 2. The lowest BCUT2D eigenvalue weighted by molar-refractivity contribution is 0.102. The van der Waals surface area contributed by atoms with Crippen LogP contribution < -0.4 is 5.32 Å². The van der Waals surface area contributed by atoms with Crippen LogP contribution in [0.5, 0.6) is 0 Å². The van der Waals surface area contributed by atoms with Gasteiger partial charge in [0.05, 0.1) is 11.4 Å². The maximum absolute atomic E-state index is 12.8. The first-order valence-electron chi connectivity index (χ1n) is 9.24. The molecule has 0 unspecified atom stereocenters. The van der Waals surface area contributed by atoms with E-state index in [4.69, 9.17) is 0 Å². The maximum atomic E-state index is 12.8. The first-order chi connectivity index (χ1) is 14.1. The van der Waals surface area contributed by atoms with Gasteiger partial charge in [-0.05, 0) is 25.1 Å². The van der Waals surface area contributed by atoms with Gasteiger partial charge < -0.3 is 5.32 Å². The fourth-order valence-corrected chi connectivity index (χ4v) is 3.04. The zero-order valence-corrected chi connectivity index (χ0v) is 15.8. The average molecular weight is 381 g/mol. The summed E-state index contributed by atoms with van der Waals surface area (Å²) in [5, 5.41) is 9.82. The van der Waals surface area contributed by atoms with Crippen LogP contribution in [0.25, 0.3) is 11.3 Å². The van der Waals surface area contributed by atoms with Gasteiger partial charge >= 0.3 is 0 Å². The number of carbonyl (C=O) groups is 2. The Hall–Kier alpha value is -3.99. The highest BCUT2D eigenvalue weighted by molar-refractivity contribution is 6.15. The molecular weight excluding hydrogens is 362 g/mol. The van der Waals surface area contributed by atoms with E-state index in [1.165, 1.54) is 0 Å². The molecule has 5 nitrogen and oxygen atoms in total. The number of hydrogen-bond acceptors (Lipinski definition) is 3. The smallest absolute Gasteiger partial charge is 0.273 e. The zero-order chi connectivity index (χ0) is 20.2. The van der Waals surface area contributed by atoms with E-state index in [0.717, 1.165) is 11.1 Å². The Bertz CT molecular complexity index is 1160. The van der Waals surface area contributed by atoms with Gasteiger partial charge in [0.1, 0.15) is 5.69 Å². The van der Waals surface area contributed by atoms with Crippen LogP contribution in [0.15, 0.2) is 84.9 Å². The van der Waals surface area contributed by atoms with Crippen molar-refractivity contribution in [3.63, 3.8) is 0 Å². The minimum Gasteiger partial charge on any atom is -0.320 e. The van der Waals surface area contributed by atoms with Crippen LogP contribution >= 0.6 is 0 Å². The fraction of sp³-hybridized carbons (Fsp3) is 0.0417. The van der Waals surface area contributed by atoms with Crippen molar-refractivity contribution in [3.8, 4) is 11.3 Å². The molecule has 2 N–H and O–H groups in total. The van der Waals surface area contributed by atoms with Gasteiger partial charge in [-0.15, -0.1) is 0 Å². The van der Waals surface area contributed by atoms with Crippen molar-refractivity contribution in [2.24, 2.45) is 0 Å². The van der Waals surface area contributed by atoms with Crippen molar-refractivity contribution in [2.45, 2.75) is 6.92 Å². The van der Waals surface area contributed by atoms with E-state index in [1.807, 2.05) is 49.4 Å². The second kappa shape index (κ2) is 7.94. The predicted molar refractivity (Wildman–Crippen MR) is 113 cm³/mol. The van der Waals surface area contributed by atoms with E-state index in [1.54, 1.807) is 42.5 Å². The third kappa shape index (κ3) is 3.99. The zero-order valence-electron chi connectivity index (χ0n) is 15.8. The van der Waals surface area contributed by atoms with Gasteiger partial charge in [0, 0.05) is 16.7 Å². The van der Waals surface area contributed by atoms with Gasteiger partial charge in [-0.25, -0.2) is 0 Å². The fourth-order valence-electron chi connectivity index (χ4n) is 3.04. The summed E-state index contributed by atoms with van der Waals surface area (Å²) in [7, 11) is 0. The number of nitrogens with zero attached hydrogens (tertiary/aromatic N) is 1. The second-order valence-electron chi connectivity index (χ2n) is 6.73. The van der Waals surface area contributed by atoms with Crippen molar-refractivity contribution in [1.82, 2.24) is 10.2 Å². The van der Waals surface area contributed by atoms with E-state index in [2.05, 4.69) is 15.5 Å². The van der Waals surface area contributed by atoms with Crippen LogP contribution in [0.2, 0.25) is 0 Å². The Kier molecular flexibility index (Phi) is 5.03. The Morgan fingerprint density at radius 3 is 2.31 bits per heavy atom. The van der Waals surface area contributed by atoms with Gasteiger partial charge in [-0.1, -0.05) is 72.3 Å². The summed E-state index contributed by atoms with van der Waals surface area (Å²) in [4.78, 5) is 25.6. The lowest BCUT2D eigenvalue weighted by Crippen LogP contribution is -2.15. The van der Waals surface area contributed by atoms with Crippen LogP contribution in [-0.2, 0) is 0 Å². The van der Waals surface area contributed by atoms with E-state index < -0.39 is 0 Å². The van der Waals surface area contributed by atoms with E-state index in [9.17, 15) is 9.59 Å². The van der Waals surface area contributed by atoms with Crippen LogP contribution in [-0.4, -0.2) is 21.9 Å². The maximum Gasteiger partial charge on any atom is 0.273 e. The lowest BCUT2D eigenvalue weighted by Gasteiger charge is -2.09. The number of ketones is 1. The number of para-hydroxylation sites is 1. The summed E-state index contributed by atoms with van der Waals surface area (Å²) in [6, 6.07) is 25.6. The van der Waals surface area contributed by atoms with Crippen molar-refractivity contribution in [3.05, 3.63) is 107 Å². The quantitative estimate of drug-likeness (QED) is 0.484. The standard InChI is InChI=1S/C24H19N3O2/c1-16-11-13-17(14-12-16)21-15-22(27-26-21)24(29)25-20-10-6-5-9-19(20)23(28)18-7-3-2-4-8-18/h2-15H,1H3,(H,25,29)(H,26,27). The number of benzene rings is 3. The largest absolute Gasteiger partial charge is 0.320 e. The monoisotopic (exact) mass is 381 g/mol. The first kappa shape index (κ1) is 18.4. The van der Waals surface area contributed by atoms with Crippen LogP contribution in [0, 0.1) is 6.92 Å². The molecule has 29 heavy (non-hydrogen) atoms. The van der Waals surface area contributed by atoms with Crippen LogP contribution in [0.3, 0.4) is 0 Å². The number of carbonyl (C=O) groups excluding carboxylic acids is 2. The van der Waals surface area contributed by atoms with Crippen LogP contribution in [0.1, 0.15) is 32.0 Å². The SMILES string of the molecule is Cc1ccc(-c2cc(C(=O)Nc3ccccc3C(=O)c3ccccc3)[nH]n2)cc1. The number of aromatic nitrogens is 2. The molecule has 4 rings (SSSR count).